The molecular formula is H5Cl4KZn. The molecule has 0 aromatic carbocycles. The van der Waals surface area contributed by atoms with Crippen molar-refractivity contribution in [1.29, 1.82) is 0 Å². The first-order valence-electron chi connectivity index (χ1n) is 0. The van der Waals surface area contributed by atoms with Crippen LogP contribution in [0.15, 0.2) is 0 Å². The Morgan fingerprint density at radius 3 is 0.500 bits per heavy atom. The fraction of sp³-hybridized carbons (Fsp3) is 0. The summed E-state index contributed by atoms with van der Waals surface area (Å²) in [4.78, 5) is 0. The van der Waals surface area contributed by atoms with Crippen LogP contribution in [0.1, 0.15) is 0 Å². The summed E-state index contributed by atoms with van der Waals surface area (Å²) in [6, 6.07) is 0. The van der Waals surface area contributed by atoms with Crippen LogP contribution in [0.25, 0.3) is 0 Å². The van der Waals surface area contributed by atoms with Crippen molar-refractivity contribution < 1.29 is 19.5 Å². The van der Waals surface area contributed by atoms with Crippen molar-refractivity contribution in [1.82, 2.24) is 0 Å². The molecule has 0 aromatic heterocycles. The largest absolute Gasteiger partial charge is 0 e. The third-order valence-electron chi connectivity index (χ3n) is 0. The van der Waals surface area contributed by atoms with Gasteiger partial charge in [-0.3, -0.25) is 0 Å². The van der Waals surface area contributed by atoms with Gasteiger partial charge in [0.1, 0.15) is 0 Å². The molecule has 0 aromatic rings. The van der Waals surface area contributed by atoms with E-state index >= 15 is 0 Å². The molecule has 0 bridgehead atoms. The molecule has 0 N–H and O–H groups in total. The Kier molecular flexibility index (Phi) is 377. The Morgan fingerprint density at radius 1 is 0.500 bits per heavy atom. The number of rotatable bonds is 0. The van der Waals surface area contributed by atoms with Crippen molar-refractivity contribution in [2.45, 2.75) is 0 Å². The third-order valence-corrected chi connectivity index (χ3v) is 0. The molecule has 0 nitrogen and oxygen atoms in total. The molecule has 0 radical (unpaired) electrons. The summed E-state index contributed by atoms with van der Waals surface area (Å²) in [7, 11) is 0. The third kappa shape index (κ3) is 26.1. The summed E-state index contributed by atoms with van der Waals surface area (Å²) >= 11 is 0. The minimum atomic E-state index is 0. The topological polar surface area (TPSA) is 0 Å². The quantitative estimate of drug-likeness (QED) is 0.564. The van der Waals surface area contributed by atoms with E-state index < -0.39 is 0 Å². The second-order valence-corrected chi connectivity index (χ2v) is 0. The molecule has 36 valence electrons. The second-order valence-electron chi connectivity index (χ2n) is 0. The smallest absolute Gasteiger partial charge is 0 e. The van der Waals surface area contributed by atoms with Gasteiger partial charge in [0.25, 0.3) is 0 Å². The van der Waals surface area contributed by atoms with E-state index in [0.717, 1.165) is 0 Å². The van der Waals surface area contributed by atoms with Gasteiger partial charge in [0.05, 0.1) is 0 Å². The van der Waals surface area contributed by atoms with E-state index in [0.29, 0.717) is 0 Å². The molecule has 0 unspecified atom stereocenters. The van der Waals surface area contributed by atoms with E-state index in [1.807, 2.05) is 0 Å². The van der Waals surface area contributed by atoms with Crippen LogP contribution < -0.4 is 0 Å². The molecule has 0 saturated heterocycles. The molecule has 0 saturated carbocycles. The van der Waals surface area contributed by atoms with E-state index in [9.17, 15) is 0 Å². The Bertz CT molecular complexity index is 7.51. The van der Waals surface area contributed by atoms with Crippen LogP contribution in [0.3, 0.4) is 0 Å². The van der Waals surface area contributed by atoms with Gasteiger partial charge in [0.15, 0.2) is 0 Å². The Hall–Kier alpha value is 3.42. The molecule has 6 heteroatoms. The first-order valence-corrected chi connectivity index (χ1v) is 0. The fourth-order valence-electron chi connectivity index (χ4n) is 0. The molecule has 0 heterocycles. The summed E-state index contributed by atoms with van der Waals surface area (Å²) in [5, 5.41) is 0. The average Bonchev–Trinajstić information content (AvgIpc) is 0. The van der Waals surface area contributed by atoms with E-state index in [1.54, 1.807) is 0 Å². The van der Waals surface area contributed by atoms with Crippen LogP contribution in [-0.4, -0.2) is 51.4 Å². The monoisotopic (exact) mass is 248 g/mol. The molecule has 0 rings (SSSR count). The Morgan fingerprint density at radius 2 is 0.500 bits per heavy atom. The van der Waals surface area contributed by atoms with E-state index in [-0.39, 0.29) is 120 Å². The van der Waals surface area contributed by atoms with Gasteiger partial charge in [0, 0.05) is 19.5 Å². The van der Waals surface area contributed by atoms with Gasteiger partial charge in [0.2, 0.25) is 0 Å². The fourth-order valence-corrected chi connectivity index (χ4v) is 0. The van der Waals surface area contributed by atoms with Crippen molar-refractivity contribution in [3.63, 3.8) is 0 Å². The van der Waals surface area contributed by atoms with E-state index in [2.05, 4.69) is 0 Å². The summed E-state index contributed by atoms with van der Waals surface area (Å²) in [6.07, 6.45) is 0. The van der Waals surface area contributed by atoms with Gasteiger partial charge >= 0.3 is 51.4 Å². The van der Waals surface area contributed by atoms with Gasteiger partial charge in [-0.25, -0.2) is 0 Å². The molecule has 0 aliphatic rings. The SMILES string of the molecule is Cl.Cl.Cl.Cl.[KH].[Zn]. The minimum absolute atomic E-state index is 0. The summed E-state index contributed by atoms with van der Waals surface area (Å²) in [6.45, 7) is 0. The molecule has 0 aliphatic carbocycles. The maximum atomic E-state index is 0. The van der Waals surface area contributed by atoms with Gasteiger partial charge in [-0.05, 0) is 0 Å². The van der Waals surface area contributed by atoms with Gasteiger partial charge < -0.3 is 0 Å². The van der Waals surface area contributed by atoms with Crippen LogP contribution in [0.5, 0.6) is 0 Å². The van der Waals surface area contributed by atoms with Crippen LogP contribution in [0.4, 0.5) is 0 Å². The van der Waals surface area contributed by atoms with Crippen LogP contribution in [-0.2, 0) is 19.5 Å². The van der Waals surface area contributed by atoms with Crippen molar-refractivity contribution in [3.8, 4) is 0 Å². The van der Waals surface area contributed by atoms with Crippen LogP contribution >= 0.6 is 49.6 Å². The molecule has 0 fully saturated rings. The number of halogens is 4. The summed E-state index contributed by atoms with van der Waals surface area (Å²) < 4.78 is 0. The average molecular weight is 251 g/mol. The number of hydrogen-bond donors (Lipinski definition) is 0. The zero-order valence-corrected chi connectivity index (χ0v) is 8.57. The minimum Gasteiger partial charge on any atom is 0 e. The van der Waals surface area contributed by atoms with E-state index in [1.165, 1.54) is 0 Å². The van der Waals surface area contributed by atoms with Crippen molar-refractivity contribution in [2.75, 3.05) is 0 Å². The van der Waals surface area contributed by atoms with Crippen molar-refractivity contribution in [2.24, 2.45) is 0 Å². The van der Waals surface area contributed by atoms with Gasteiger partial charge in [-0.2, -0.15) is 0 Å². The predicted molar refractivity (Wildman–Crippen MR) is 36.1 cm³/mol. The predicted octanol–water partition coefficient (Wildman–Crippen LogP) is 1.04. The molecule has 0 atom stereocenters. The summed E-state index contributed by atoms with van der Waals surface area (Å²) in [5.74, 6) is 0. The van der Waals surface area contributed by atoms with Crippen LogP contribution in [0.2, 0.25) is 0 Å². The molecule has 6 heavy (non-hydrogen) atoms. The number of hydrogen-bond acceptors (Lipinski definition) is 0. The molecule has 0 amide bonds. The Labute approximate surface area is 118 Å². The standard InChI is InChI=1S/4ClH.K.Zn.H/h4*1H;;;. The first-order chi connectivity index (χ1) is 0. The van der Waals surface area contributed by atoms with Crippen LogP contribution in [0, 0.1) is 0 Å². The zero-order valence-electron chi connectivity index (χ0n) is 2.34. The molecular weight excluding hydrogens is 246 g/mol. The van der Waals surface area contributed by atoms with E-state index in [4.69, 9.17) is 0 Å². The van der Waals surface area contributed by atoms with Gasteiger partial charge in [-0.15, -0.1) is 49.6 Å². The van der Waals surface area contributed by atoms with Crippen molar-refractivity contribution >= 4 is 101 Å². The summed E-state index contributed by atoms with van der Waals surface area (Å²) in [5.41, 5.74) is 0. The first kappa shape index (κ1) is 57.1. The maximum Gasteiger partial charge on any atom is 0 e. The second kappa shape index (κ2) is 39.6. The molecule has 0 aliphatic heterocycles. The van der Waals surface area contributed by atoms with Crippen molar-refractivity contribution in [3.05, 3.63) is 0 Å². The zero-order chi connectivity index (χ0) is 0. The molecule has 0 spiro atoms. The Balaban J connectivity index is 0. The van der Waals surface area contributed by atoms with Gasteiger partial charge in [-0.1, -0.05) is 0 Å². The normalized spacial score (nSPS) is 0. The maximum absolute atomic E-state index is 0.